The molecule has 0 radical (unpaired) electrons. The predicted octanol–water partition coefficient (Wildman–Crippen LogP) is 5.72. The smallest absolute Gasteiger partial charge is 0.335 e. The molecule has 5 aromatic carbocycles. The van der Waals surface area contributed by atoms with Crippen LogP contribution in [0, 0.1) is 0 Å². The lowest BCUT2D eigenvalue weighted by atomic mass is 10.1. The molecular weight excluding hydrogens is 442 g/mol. The molecule has 35 heavy (non-hydrogen) atoms. The average Bonchev–Trinajstić information content (AvgIpc) is 2.87. The van der Waals surface area contributed by atoms with Crippen molar-refractivity contribution in [3.05, 3.63) is 120 Å². The molecule has 0 spiro atoms. The molecule has 6 heteroatoms. The lowest BCUT2D eigenvalue weighted by Gasteiger charge is -2.07. The van der Waals surface area contributed by atoms with Crippen molar-refractivity contribution in [1.82, 2.24) is 5.32 Å². The van der Waals surface area contributed by atoms with Crippen LogP contribution in [0.1, 0.15) is 26.3 Å². The van der Waals surface area contributed by atoms with E-state index in [1.54, 1.807) is 48.5 Å². The standard InChI is InChI=1S/C18H15NO2.C11H8O3/c20-17-9-8-14-10-16(7-6-15(14)11-17)18(21)19-12-13-4-2-1-3-5-13;12-10-4-3-7-5-9(11(13)14)2-1-8(7)6-10/h1-11,20H,12H2,(H,19,21);1-6,12H,(H,13,14). The summed E-state index contributed by atoms with van der Waals surface area (Å²) >= 11 is 0. The summed E-state index contributed by atoms with van der Waals surface area (Å²) in [5.41, 5.74) is 1.93. The van der Waals surface area contributed by atoms with E-state index in [9.17, 15) is 19.8 Å². The molecule has 0 fully saturated rings. The van der Waals surface area contributed by atoms with Gasteiger partial charge >= 0.3 is 5.97 Å². The van der Waals surface area contributed by atoms with Crippen molar-refractivity contribution < 1.29 is 24.9 Å². The Morgan fingerprint density at radius 3 is 1.66 bits per heavy atom. The number of nitrogens with one attached hydrogen (secondary N) is 1. The van der Waals surface area contributed by atoms with Crippen molar-refractivity contribution >= 4 is 33.4 Å². The highest BCUT2D eigenvalue weighted by molar-refractivity contribution is 5.98. The van der Waals surface area contributed by atoms with E-state index in [2.05, 4.69) is 5.32 Å². The van der Waals surface area contributed by atoms with Crippen molar-refractivity contribution in [3.63, 3.8) is 0 Å². The first-order valence-electron chi connectivity index (χ1n) is 10.9. The van der Waals surface area contributed by atoms with Gasteiger partial charge in [0.25, 0.3) is 5.91 Å². The summed E-state index contributed by atoms with van der Waals surface area (Å²) in [5.74, 6) is -0.641. The molecule has 5 rings (SSSR count). The van der Waals surface area contributed by atoms with Crippen LogP contribution in [0.25, 0.3) is 21.5 Å². The number of phenolic OH excluding ortho intramolecular Hbond substituents is 2. The highest BCUT2D eigenvalue weighted by Gasteiger charge is 2.07. The summed E-state index contributed by atoms with van der Waals surface area (Å²) in [6.45, 7) is 0.507. The Morgan fingerprint density at radius 1 is 0.600 bits per heavy atom. The van der Waals surface area contributed by atoms with Crippen LogP contribution in [0.2, 0.25) is 0 Å². The molecular formula is C29H23NO5. The zero-order chi connectivity index (χ0) is 24.8. The van der Waals surface area contributed by atoms with Gasteiger partial charge in [-0.1, -0.05) is 54.6 Å². The molecule has 0 bridgehead atoms. The maximum absolute atomic E-state index is 12.2. The third-order valence-corrected chi connectivity index (χ3v) is 5.45. The van der Waals surface area contributed by atoms with Gasteiger partial charge in [0.1, 0.15) is 11.5 Å². The summed E-state index contributed by atoms with van der Waals surface area (Å²) in [4.78, 5) is 22.8. The Kier molecular flexibility index (Phi) is 6.93. The Morgan fingerprint density at radius 2 is 1.09 bits per heavy atom. The maximum Gasteiger partial charge on any atom is 0.335 e. The van der Waals surface area contributed by atoms with Crippen LogP contribution in [0.15, 0.2) is 103 Å². The Bertz CT molecular complexity index is 1510. The van der Waals surface area contributed by atoms with E-state index >= 15 is 0 Å². The summed E-state index contributed by atoms with van der Waals surface area (Å²) in [7, 11) is 0. The second-order valence-electron chi connectivity index (χ2n) is 7.97. The van der Waals surface area contributed by atoms with Crippen LogP contribution in [-0.4, -0.2) is 27.2 Å². The third-order valence-electron chi connectivity index (χ3n) is 5.45. The molecule has 0 saturated heterocycles. The molecule has 0 unspecified atom stereocenters. The topological polar surface area (TPSA) is 107 Å². The number of rotatable bonds is 4. The van der Waals surface area contributed by atoms with Crippen LogP contribution in [0.3, 0.4) is 0 Å². The van der Waals surface area contributed by atoms with Gasteiger partial charge in [0.15, 0.2) is 0 Å². The highest BCUT2D eigenvalue weighted by atomic mass is 16.4. The van der Waals surface area contributed by atoms with Crippen LogP contribution < -0.4 is 5.32 Å². The normalized spacial score (nSPS) is 10.4. The van der Waals surface area contributed by atoms with E-state index in [1.165, 1.54) is 12.1 Å². The molecule has 0 heterocycles. The minimum Gasteiger partial charge on any atom is -0.508 e. The van der Waals surface area contributed by atoms with Crippen molar-refractivity contribution in [2.24, 2.45) is 0 Å². The van der Waals surface area contributed by atoms with Crippen LogP contribution >= 0.6 is 0 Å². The number of phenols is 2. The largest absolute Gasteiger partial charge is 0.508 e. The predicted molar refractivity (Wildman–Crippen MR) is 136 cm³/mol. The van der Waals surface area contributed by atoms with Crippen LogP contribution in [0.5, 0.6) is 11.5 Å². The minimum atomic E-state index is -0.944. The van der Waals surface area contributed by atoms with Crippen LogP contribution in [0.4, 0.5) is 0 Å². The SMILES string of the molecule is O=C(NCc1ccccc1)c1ccc2cc(O)ccc2c1.O=C(O)c1ccc2cc(O)ccc2c1. The van der Waals surface area contributed by atoms with E-state index in [4.69, 9.17) is 5.11 Å². The van der Waals surface area contributed by atoms with Crippen molar-refractivity contribution in [1.29, 1.82) is 0 Å². The van der Waals surface area contributed by atoms with Crippen molar-refractivity contribution in [2.75, 3.05) is 0 Å². The van der Waals surface area contributed by atoms with Crippen molar-refractivity contribution in [2.45, 2.75) is 6.54 Å². The number of carbonyl (C=O) groups is 2. The monoisotopic (exact) mass is 465 g/mol. The molecule has 0 aromatic heterocycles. The molecule has 6 nitrogen and oxygen atoms in total. The van der Waals surface area contributed by atoms with Crippen molar-refractivity contribution in [3.8, 4) is 11.5 Å². The van der Waals surface area contributed by atoms with Gasteiger partial charge < -0.3 is 20.6 Å². The average molecular weight is 466 g/mol. The molecule has 0 aliphatic rings. The lowest BCUT2D eigenvalue weighted by molar-refractivity contribution is 0.0696. The number of aromatic hydroxyl groups is 2. The zero-order valence-electron chi connectivity index (χ0n) is 18.7. The quantitative estimate of drug-likeness (QED) is 0.272. The molecule has 5 aromatic rings. The molecule has 1 amide bonds. The number of hydrogen-bond acceptors (Lipinski definition) is 4. The lowest BCUT2D eigenvalue weighted by Crippen LogP contribution is -2.22. The van der Waals surface area contributed by atoms with Crippen LogP contribution in [-0.2, 0) is 6.54 Å². The number of amides is 1. The number of carboxylic acid groups (broad SMARTS) is 1. The molecule has 0 aliphatic heterocycles. The fourth-order valence-corrected chi connectivity index (χ4v) is 3.62. The van der Waals surface area contributed by atoms with Gasteiger partial charge in [-0.15, -0.1) is 0 Å². The number of carbonyl (C=O) groups excluding carboxylic acids is 1. The molecule has 0 aliphatic carbocycles. The summed E-state index contributed by atoms with van der Waals surface area (Å²) in [5, 5.41) is 33.8. The summed E-state index contributed by atoms with van der Waals surface area (Å²) in [6, 6.07) is 29.9. The van der Waals surface area contributed by atoms with Gasteiger partial charge in [-0.3, -0.25) is 4.79 Å². The molecule has 0 atom stereocenters. The first-order chi connectivity index (χ1) is 16.9. The van der Waals surface area contributed by atoms with Gasteiger partial charge in [0.05, 0.1) is 5.56 Å². The number of fused-ring (bicyclic) bond motifs is 2. The summed E-state index contributed by atoms with van der Waals surface area (Å²) in [6.07, 6.45) is 0. The minimum absolute atomic E-state index is 0.103. The Hall–Kier alpha value is -4.84. The first-order valence-corrected chi connectivity index (χ1v) is 10.9. The number of aromatic carboxylic acids is 1. The van der Waals surface area contributed by atoms with E-state index in [-0.39, 0.29) is 23.0 Å². The highest BCUT2D eigenvalue weighted by Crippen LogP contribution is 2.22. The van der Waals surface area contributed by atoms with Gasteiger partial charge in [0.2, 0.25) is 0 Å². The van der Waals surface area contributed by atoms with Gasteiger partial charge in [-0.25, -0.2) is 4.79 Å². The number of hydrogen-bond donors (Lipinski definition) is 4. The Balaban J connectivity index is 0.000000179. The first kappa shape index (κ1) is 23.3. The second kappa shape index (κ2) is 10.4. The van der Waals surface area contributed by atoms with E-state index in [0.717, 1.165) is 27.1 Å². The molecule has 174 valence electrons. The zero-order valence-corrected chi connectivity index (χ0v) is 18.7. The number of benzene rings is 5. The fourth-order valence-electron chi connectivity index (χ4n) is 3.62. The van der Waals surface area contributed by atoms with Gasteiger partial charge in [-0.2, -0.15) is 0 Å². The molecule has 4 N–H and O–H groups in total. The maximum atomic E-state index is 12.2. The van der Waals surface area contributed by atoms with E-state index < -0.39 is 5.97 Å². The number of carboxylic acids is 1. The van der Waals surface area contributed by atoms with E-state index in [0.29, 0.717) is 12.1 Å². The van der Waals surface area contributed by atoms with Gasteiger partial charge in [-0.05, 0) is 75.6 Å². The Labute approximate surface area is 201 Å². The second-order valence-corrected chi connectivity index (χ2v) is 7.97. The fraction of sp³-hybridized carbons (Fsp3) is 0.0345. The van der Waals surface area contributed by atoms with E-state index in [1.807, 2.05) is 42.5 Å². The summed E-state index contributed by atoms with van der Waals surface area (Å²) < 4.78 is 0. The third kappa shape index (κ3) is 5.94. The molecule has 0 saturated carbocycles. The van der Waals surface area contributed by atoms with Gasteiger partial charge in [0, 0.05) is 12.1 Å².